The van der Waals surface area contributed by atoms with Gasteiger partial charge < -0.3 is 0 Å². The van der Waals surface area contributed by atoms with Gasteiger partial charge >= 0.3 is 0 Å². The van der Waals surface area contributed by atoms with Crippen LogP contribution in [0.3, 0.4) is 0 Å². The van der Waals surface area contributed by atoms with Crippen LogP contribution in [0.5, 0.6) is 0 Å². The number of alkyl halides is 1. The Balaban J connectivity index is 2.92. The summed E-state index contributed by atoms with van der Waals surface area (Å²) < 4.78 is 28.7. The lowest BCUT2D eigenvalue weighted by Crippen LogP contribution is -2.29. The van der Waals surface area contributed by atoms with E-state index in [0.717, 1.165) is 22.9 Å². The Hall–Kier alpha value is 0.380. The Kier molecular flexibility index (Phi) is 7.49. The Morgan fingerprint density at radius 2 is 1.95 bits per heavy atom. The molecule has 0 radical (unpaired) electrons. The van der Waals surface area contributed by atoms with Gasteiger partial charge in [-0.25, -0.2) is 13.1 Å². The molecule has 0 bridgehead atoms. The second-order valence-electron chi connectivity index (χ2n) is 4.64. The highest BCUT2D eigenvalue weighted by molar-refractivity contribution is 9.11. The zero-order chi connectivity index (χ0) is 15.3. The fraction of sp³-hybridized carbons (Fsp3) is 0.538. The summed E-state index contributed by atoms with van der Waals surface area (Å²) in [6, 6.07) is 3.40. The Morgan fingerprint density at radius 3 is 2.50 bits per heavy atom. The molecule has 0 spiro atoms. The molecule has 7 heteroatoms. The van der Waals surface area contributed by atoms with Crippen LogP contribution < -0.4 is 4.72 Å². The van der Waals surface area contributed by atoms with Gasteiger partial charge in [-0.2, -0.15) is 0 Å². The molecular formula is C13H18Br2ClNO2S. The lowest BCUT2D eigenvalue weighted by molar-refractivity contribution is 0.481. The number of halogens is 3. The van der Waals surface area contributed by atoms with Crippen molar-refractivity contribution in [1.29, 1.82) is 0 Å². The van der Waals surface area contributed by atoms with Gasteiger partial charge in [-0.15, -0.1) is 11.6 Å². The quantitative estimate of drug-likeness (QED) is 0.628. The largest absolute Gasteiger partial charge is 0.241 e. The molecule has 0 amide bonds. The topological polar surface area (TPSA) is 46.2 Å². The average Bonchev–Trinajstić information content (AvgIpc) is 2.38. The van der Waals surface area contributed by atoms with E-state index in [-0.39, 0.29) is 10.8 Å². The number of sulfonamides is 1. The Labute approximate surface area is 142 Å². The molecule has 20 heavy (non-hydrogen) atoms. The van der Waals surface area contributed by atoms with E-state index >= 15 is 0 Å². The van der Waals surface area contributed by atoms with Crippen molar-refractivity contribution < 1.29 is 8.42 Å². The van der Waals surface area contributed by atoms with Gasteiger partial charge in [-0.05, 0) is 52.9 Å². The Morgan fingerprint density at radius 1 is 1.30 bits per heavy atom. The molecule has 0 saturated heterocycles. The summed E-state index contributed by atoms with van der Waals surface area (Å²) in [7, 11) is -3.52. The van der Waals surface area contributed by atoms with Crippen molar-refractivity contribution in [3.8, 4) is 0 Å². The second kappa shape index (κ2) is 8.13. The lowest BCUT2D eigenvalue weighted by Gasteiger charge is -2.15. The number of benzene rings is 1. The molecule has 0 aliphatic heterocycles. The van der Waals surface area contributed by atoms with Crippen LogP contribution in [0.2, 0.25) is 0 Å². The van der Waals surface area contributed by atoms with Crippen LogP contribution in [0.25, 0.3) is 0 Å². The minimum absolute atomic E-state index is 0.246. The van der Waals surface area contributed by atoms with Gasteiger partial charge in [0, 0.05) is 21.4 Å². The first-order valence-corrected chi connectivity index (χ1v) is 9.93. The molecule has 1 aromatic rings. The van der Waals surface area contributed by atoms with Crippen molar-refractivity contribution in [2.24, 2.45) is 5.92 Å². The molecule has 0 aromatic heterocycles. The van der Waals surface area contributed by atoms with Crippen molar-refractivity contribution in [2.45, 2.75) is 31.6 Å². The standard InChI is InChI=1S/C13H18Br2ClNO2S/c1-3-10(4-5-16)8-17-20(18,19)13-7-11(14)9(2)6-12(13)15/h6-7,10,17H,3-5,8H2,1-2H3. The molecule has 0 heterocycles. The molecule has 114 valence electrons. The van der Waals surface area contributed by atoms with E-state index in [4.69, 9.17) is 11.6 Å². The van der Waals surface area contributed by atoms with E-state index in [1.165, 1.54) is 0 Å². The van der Waals surface area contributed by atoms with Gasteiger partial charge in [0.15, 0.2) is 0 Å². The highest BCUT2D eigenvalue weighted by Crippen LogP contribution is 2.28. The highest BCUT2D eigenvalue weighted by atomic mass is 79.9. The lowest BCUT2D eigenvalue weighted by atomic mass is 10.0. The maximum absolute atomic E-state index is 12.3. The van der Waals surface area contributed by atoms with Gasteiger partial charge in [0.25, 0.3) is 0 Å². The summed E-state index contributed by atoms with van der Waals surface area (Å²) in [6.07, 6.45) is 1.70. The van der Waals surface area contributed by atoms with Crippen LogP contribution in [-0.4, -0.2) is 20.8 Å². The van der Waals surface area contributed by atoms with E-state index in [1.807, 2.05) is 13.8 Å². The highest BCUT2D eigenvalue weighted by Gasteiger charge is 2.20. The van der Waals surface area contributed by atoms with Crippen LogP contribution in [0, 0.1) is 12.8 Å². The molecule has 0 aliphatic rings. The first kappa shape index (κ1) is 18.4. The van der Waals surface area contributed by atoms with Crippen molar-refractivity contribution in [2.75, 3.05) is 12.4 Å². The normalized spacial score (nSPS) is 13.4. The van der Waals surface area contributed by atoms with E-state index in [9.17, 15) is 8.42 Å². The zero-order valence-electron chi connectivity index (χ0n) is 11.4. The van der Waals surface area contributed by atoms with Crippen molar-refractivity contribution >= 4 is 53.5 Å². The molecule has 0 fully saturated rings. The fourth-order valence-electron chi connectivity index (χ4n) is 1.74. The molecule has 3 nitrogen and oxygen atoms in total. The molecule has 1 N–H and O–H groups in total. The van der Waals surface area contributed by atoms with Gasteiger partial charge in [-0.1, -0.05) is 29.3 Å². The third kappa shape index (κ3) is 4.98. The molecule has 1 rings (SSSR count). The van der Waals surface area contributed by atoms with Gasteiger partial charge in [-0.3, -0.25) is 0 Å². The first-order chi connectivity index (χ1) is 9.31. The SMILES string of the molecule is CCC(CCCl)CNS(=O)(=O)c1cc(Br)c(C)cc1Br. The van der Waals surface area contributed by atoms with Gasteiger partial charge in [0.1, 0.15) is 0 Å². The predicted molar refractivity (Wildman–Crippen MR) is 90.9 cm³/mol. The van der Waals surface area contributed by atoms with Crippen LogP contribution in [0.1, 0.15) is 25.3 Å². The van der Waals surface area contributed by atoms with Crippen LogP contribution >= 0.6 is 43.5 Å². The fourth-order valence-corrected chi connectivity index (χ4v) is 4.84. The summed E-state index contributed by atoms with van der Waals surface area (Å²) >= 11 is 12.4. The van der Waals surface area contributed by atoms with Crippen molar-refractivity contribution in [3.63, 3.8) is 0 Å². The molecule has 1 aromatic carbocycles. The van der Waals surface area contributed by atoms with Crippen molar-refractivity contribution in [1.82, 2.24) is 4.72 Å². The number of hydrogen-bond donors (Lipinski definition) is 1. The molecule has 1 unspecified atom stereocenters. The molecule has 0 aliphatic carbocycles. The zero-order valence-corrected chi connectivity index (χ0v) is 16.2. The molecule has 1 atom stereocenters. The minimum Gasteiger partial charge on any atom is -0.211 e. The molecule has 0 saturated carbocycles. The summed E-state index contributed by atoms with van der Waals surface area (Å²) in [5.74, 6) is 0.801. The second-order valence-corrected chi connectivity index (χ2v) is 8.46. The number of nitrogens with one attached hydrogen (secondary N) is 1. The maximum Gasteiger partial charge on any atom is 0.241 e. The predicted octanol–water partition coefficient (Wildman–Crippen LogP) is 4.45. The molecular weight excluding hydrogens is 429 g/mol. The van der Waals surface area contributed by atoms with Gasteiger partial charge in [0.05, 0.1) is 4.90 Å². The average molecular weight is 448 g/mol. The van der Waals surface area contributed by atoms with Crippen LogP contribution in [-0.2, 0) is 10.0 Å². The van der Waals surface area contributed by atoms with E-state index in [1.54, 1.807) is 12.1 Å². The monoisotopic (exact) mass is 445 g/mol. The number of hydrogen-bond acceptors (Lipinski definition) is 2. The number of aryl methyl sites for hydroxylation is 1. The van der Waals surface area contributed by atoms with Gasteiger partial charge in [0.2, 0.25) is 10.0 Å². The van der Waals surface area contributed by atoms with Crippen LogP contribution in [0.15, 0.2) is 26.0 Å². The summed E-state index contributed by atoms with van der Waals surface area (Å²) in [5.41, 5.74) is 0.976. The summed E-state index contributed by atoms with van der Waals surface area (Å²) in [6.45, 7) is 4.35. The third-order valence-corrected chi connectivity index (χ3v) is 6.61. The number of rotatable bonds is 7. The van der Waals surface area contributed by atoms with Crippen molar-refractivity contribution in [3.05, 3.63) is 26.6 Å². The van der Waals surface area contributed by atoms with E-state index < -0.39 is 10.0 Å². The maximum atomic E-state index is 12.3. The summed E-state index contributed by atoms with van der Waals surface area (Å²) in [4.78, 5) is 0.246. The Bertz CT molecular complexity index is 564. The minimum atomic E-state index is -3.52. The first-order valence-electron chi connectivity index (χ1n) is 6.33. The van der Waals surface area contributed by atoms with E-state index in [0.29, 0.717) is 16.9 Å². The smallest absolute Gasteiger partial charge is 0.211 e. The summed E-state index contributed by atoms with van der Waals surface area (Å²) in [5, 5.41) is 0. The van der Waals surface area contributed by atoms with E-state index in [2.05, 4.69) is 36.6 Å². The third-order valence-electron chi connectivity index (χ3n) is 3.16. The van der Waals surface area contributed by atoms with Crippen LogP contribution in [0.4, 0.5) is 0 Å².